The molecule has 106 valence electrons. The van der Waals surface area contributed by atoms with Crippen LogP contribution in [0.4, 0.5) is 0 Å². The van der Waals surface area contributed by atoms with Crippen molar-refractivity contribution < 1.29 is 23.1 Å². The Kier molecular flexibility index (Phi) is 4.81. The summed E-state index contributed by atoms with van der Waals surface area (Å²) in [7, 11) is 1.57. The van der Waals surface area contributed by atoms with Crippen LogP contribution in [0.5, 0.6) is 5.75 Å². The van der Waals surface area contributed by atoms with Crippen LogP contribution in [0.2, 0.25) is 0 Å². The van der Waals surface area contributed by atoms with Gasteiger partial charge in [0, 0.05) is 10.7 Å². The van der Waals surface area contributed by atoms with Crippen molar-refractivity contribution in [2.24, 2.45) is 0 Å². The van der Waals surface area contributed by atoms with E-state index < -0.39 is 21.6 Å². The van der Waals surface area contributed by atoms with Crippen molar-refractivity contribution in [3.63, 3.8) is 0 Å². The first-order valence-corrected chi connectivity index (χ1v) is 7.87. The van der Waals surface area contributed by atoms with E-state index in [0.29, 0.717) is 16.9 Å². The van der Waals surface area contributed by atoms with Gasteiger partial charge in [-0.3, -0.25) is 0 Å². The number of rotatable bonds is 5. The standard InChI is InChI=1S/C12H15ClO5S/c1-7(2)10-5-9(18-6-11(14)15)4-8(3)12(10)19(13,16)17/h4-5,7H,6H2,1-3H3,(H,14,15). The van der Waals surface area contributed by atoms with Crippen molar-refractivity contribution in [1.29, 1.82) is 0 Å². The molecule has 1 aromatic carbocycles. The van der Waals surface area contributed by atoms with Gasteiger partial charge in [0.15, 0.2) is 6.61 Å². The van der Waals surface area contributed by atoms with Crippen LogP contribution in [-0.4, -0.2) is 26.1 Å². The maximum absolute atomic E-state index is 11.6. The van der Waals surface area contributed by atoms with Gasteiger partial charge >= 0.3 is 5.97 Å². The smallest absolute Gasteiger partial charge is 0.341 e. The number of ether oxygens (including phenoxy) is 1. The lowest BCUT2D eigenvalue weighted by Gasteiger charge is -2.15. The van der Waals surface area contributed by atoms with Crippen LogP contribution in [0.15, 0.2) is 17.0 Å². The average molecular weight is 307 g/mol. The van der Waals surface area contributed by atoms with E-state index >= 15 is 0 Å². The molecule has 0 aliphatic rings. The van der Waals surface area contributed by atoms with E-state index in [1.165, 1.54) is 12.1 Å². The highest BCUT2D eigenvalue weighted by Gasteiger charge is 2.22. The Morgan fingerprint density at radius 3 is 2.42 bits per heavy atom. The lowest BCUT2D eigenvalue weighted by molar-refractivity contribution is -0.139. The second-order valence-electron chi connectivity index (χ2n) is 4.43. The first-order valence-electron chi connectivity index (χ1n) is 5.56. The summed E-state index contributed by atoms with van der Waals surface area (Å²) < 4.78 is 28.2. The summed E-state index contributed by atoms with van der Waals surface area (Å²) in [5.41, 5.74) is 0.942. The number of carbonyl (C=O) groups is 1. The van der Waals surface area contributed by atoms with Crippen LogP contribution in [0, 0.1) is 6.92 Å². The van der Waals surface area contributed by atoms with Crippen molar-refractivity contribution in [1.82, 2.24) is 0 Å². The van der Waals surface area contributed by atoms with E-state index in [-0.39, 0.29) is 10.8 Å². The highest BCUT2D eigenvalue weighted by molar-refractivity contribution is 8.13. The molecule has 0 aliphatic carbocycles. The van der Waals surface area contributed by atoms with E-state index in [9.17, 15) is 13.2 Å². The molecule has 0 saturated heterocycles. The molecule has 0 heterocycles. The highest BCUT2D eigenvalue weighted by Crippen LogP contribution is 2.33. The topological polar surface area (TPSA) is 80.7 Å². The Morgan fingerprint density at radius 1 is 1.42 bits per heavy atom. The summed E-state index contributed by atoms with van der Waals surface area (Å²) in [6.45, 7) is 4.75. The molecule has 0 radical (unpaired) electrons. The number of hydrogen-bond acceptors (Lipinski definition) is 4. The summed E-state index contributed by atoms with van der Waals surface area (Å²) >= 11 is 0. The molecule has 7 heteroatoms. The predicted molar refractivity (Wildman–Crippen MR) is 71.4 cm³/mol. The number of halogens is 1. The molecule has 0 aliphatic heterocycles. The van der Waals surface area contributed by atoms with Crippen LogP contribution in [0.3, 0.4) is 0 Å². The molecule has 0 aromatic heterocycles. The molecule has 1 rings (SSSR count). The summed E-state index contributed by atoms with van der Waals surface area (Å²) in [6, 6.07) is 2.97. The third-order valence-electron chi connectivity index (χ3n) is 2.51. The zero-order valence-electron chi connectivity index (χ0n) is 10.8. The summed E-state index contributed by atoms with van der Waals surface area (Å²) in [6.07, 6.45) is 0. The van der Waals surface area contributed by atoms with Gasteiger partial charge in [-0.2, -0.15) is 0 Å². The molecule has 0 bridgehead atoms. The van der Waals surface area contributed by atoms with Gasteiger partial charge in [-0.1, -0.05) is 13.8 Å². The van der Waals surface area contributed by atoms with Gasteiger partial charge in [-0.05, 0) is 36.1 Å². The second kappa shape index (κ2) is 5.79. The molecule has 0 amide bonds. The number of hydrogen-bond donors (Lipinski definition) is 1. The fourth-order valence-corrected chi connectivity index (χ4v) is 3.41. The van der Waals surface area contributed by atoms with Crippen LogP contribution < -0.4 is 4.74 Å². The van der Waals surface area contributed by atoms with Gasteiger partial charge in [-0.25, -0.2) is 13.2 Å². The molecule has 0 spiro atoms. The van der Waals surface area contributed by atoms with E-state index in [1.54, 1.807) is 6.92 Å². The fraction of sp³-hybridized carbons (Fsp3) is 0.417. The van der Waals surface area contributed by atoms with E-state index in [2.05, 4.69) is 0 Å². The van der Waals surface area contributed by atoms with Crippen molar-refractivity contribution >= 4 is 25.7 Å². The van der Waals surface area contributed by atoms with Gasteiger partial charge < -0.3 is 9.84 Å². The van der Waals surface area contributed by atoms with E-state index in [4.69, 9.17) is 20.5 Å². The SMILES string of the molecule is Cc1cc(OCC(=O)O)cc(C(C)C)c1S(=O)(=O)Cl. The molecule has 1 aromatic rings. The van der Waals surface area contributed by atoms with Gasteiger partial charge in [0.05, 0.1) is 4.90 Å². The molecule has 0 unspecified atom stereocenters. The Hall–Kier alpha value is -1.27. The molecular formula is C12H15ClO5S. The first-order chi connectivity index (χ1) is 8.62. The lowest BCUT2D eigenvalue weighted by atomic mass is 10.0. The first kappa shape index (κ1) is 15.8. The maximum Gasteiger partial charge on any atom is 0.341 e. The number of carboxylic acid groups (broad SMARTS) is 1. The van der Waals surface area contributed by atoms with Gasteiger partial charge in [0.1, 0.15) is 5.75 Å². The minimum absolute atomic E-state index is 0.0619. The molecular weight excluding hydrogens is 292 g/mol. The average Bonchev–Trinajstić information content (AvgIpc) is 2.23. The van der Waals surface area contributed by atoms with Crippen LogP contribution in [0.25, 0.3) is 0 Å². The predicted octanol–water partition coefficient (Wildman–Crippen LogP) is 2.51. The normalized spacial score (nSPS) is 11.6. The Balaban J connectivity index is 3.34. The van der Waals surface area contributed by atoms with E-state index in [1.807, 2.05) is 13.8 Å². The number of aliphatic carboxylic acids is 1. The third kappa shape index (κ3) is 4.11. The van der Waals surface area contributed by atoms with Crippen molar-refractivity contribution in [3.05, 3.63) is 23.3 Å². The van der Waals surface area contributed by atoms with Gasteiger partial charge in [0.2, 0.25) is 0 Å². The molecule has 0 fully saturated rings. The largest absolute Gasteiger partial charge is 0.482 e. The zero-order chi connectivity index (χ0) is 14.8. The Labute approximate surface area is 116 Å². The zero-order valence-corrected chi connectivity index (χ0v) is 12.4. The maximum atomic E-state index is 11.6. The fourth-order valence-electron chi connectivity index (χ4n) is 1.76. The number of carboxylic acids is 1. The van der Waals surface area contributed by atoms with Crippen molar-refractivity contribution in [2.75, 3.05) is 6.61 Å². The summed E-state index contributed by atoms with van der Waals surface area (Å²) in [4.78, 5) is 10.5. The van der Waals surface area contributed by atoms with Crippen molar-refractivity contribution in [2.45, 2.75) is 31.6 Å². The minimum Gasteiger partial charge on any atom is -0.482 e. The lowest BCUT2D eigenvalue weighted by Crippen LogP contribution is -2.11. The molecule has 0 atom stereocenters. The third-order valence-corrected chi connectivity index (χ3v) is 4.01. The van der Waals surface area contributed by atoms with Crippen molar-refractivity contribution in [3.8, 4) is 5.75 Å². The highest BCUT2D eigenvalue weighted by atomic mass is 35.7. The van der Waals surface area contributed by atoms with Crippen LogP contribution in [-0.2, 0) is 13.8 Å². The second-order valence-corrected chi connectivity index (χ2v) is 6.94. The molecule has 1 N–H and O–H groups in total. The summed E-state index contributed by atoms with van der Waals surface area (Å²) in [5.74, 6) is -0.874. The quantitative estimate of drug-likeness (QED) is 0.845. The Morgan fingerprint density at radius 2 is 2.00 bits per heavy atom. The molecule has 19 heavy (non-hydrogen) atoms. The number of aryl methyl sites for hydroxylation is 1. The van der Waals surface area contributed by atoms with Gasteiger partial charge in [-0.15, -0.1) is 0 Å². The Bertz CT molecular complexity index is 592. The summed E-state index contributed by atoms with van der Waals surface area (Å²) in [5, 5.41) is 8.56. The molecule has 5 nitrogen and oxygen atoms in total. The van der Waals surface area contributed by atoms with Crippen LogP contribution in [0.1, 0.15) is 30.9 Å². The van der Waals surface area contributed by atoms with E-state index in [0.717, 1.165) is 0 Å². The minimum atomic E-state index is -3.86. The molecule has 0 saturated carbocycles. The number of benzene rings is 1. The van der Waals surface area contributed by atoms with Gasteiger partial charge in [0.25, 0.3) is 9.05 Å². The monoisotopic (exact) mass is 306 g/mol. The van der Waals surface area contributed by atoms with Crippen LogP contribution >= 0.6 is 10.7 Å².